The Balaban J connectivity index is 1.62. The second-order valence-corrected chi connectivity index (χ2v) is 7.47. The molecule has 2 aliphatic heterocycles. The minimum absolute atomic E-state index is 0.0245. The molecule has 29 heavy (non-hydrogen) atoms. The summed E-state index contributed by atoms with van der Waals surface area (Å²) in [5.74, 6) is 0.101. The number of amides is 3. The van der Waals surface area contributed by atoms with E-state index < -0.39 is 6.10 Å². The van der Waals surface area contributed by atoms with Gasteiger partial charge in [-0.1, -0.05) is 19.1 Å². The Kier molecular flexibility index (Phi) is 7.32. The zero-order valence-corrected chi connectivity index (χ0v) is 17.0. The summed E-state index contributed by atoms with van der Waals surface area (Å²) in [4.78, 5) is 40.8. The number of piperidine rings is 1. The molecule has 8 heteroatoms. The van der Waals surface area contributed by atoms with E-state index in [4.69, 9.17) is 4.74 Å². The maximum atomic E-state index is 12.9. The van der Waals surface area contributed by atoms with Crippen LogP contribution in [0.25, 0.3) is 0 Å². The van der Waals surface area contributed by atoms with Gasteiger partial charge in [0.1, 0.15) is 5.75 Å². The Morgan fingerprint density at radius 1 is 1.07 bits per heavy atom. The van der Waals surface area contributed by atoms with Crippen molar-refractivity contribution >= 4 is 23.4 Å². The summed E-state index contributed by atoms with van der Waals surface area (Å²) >= 11 is 0. The minimum atomic E-state index is -0.636. The van der Waals surface area contributed by atoms with Crippen molar-refractivity contribution in [3.8, 4) is 5.75 Å². The molecule has 0 aromatic heterocycles. The number of benzene rings is 1. The molecule has 1 aromatic rings. The summed E-state index contributed by atoms with van der Waals surface area (Å²) in [5, 5.41) is 5.38. The van der Waals surface area contributed by atoms with Crippen molar-refractivity contribution in [3.63, 3.8) is 0 Å². The summed E-state index contributed by atoms with van der Waals surface area (Å²) in [6, 6.07) is 7.41. The van der Waals surface area contributed by atoms with Crippen molar-refractivity contribution in [3.05, 3.63) is 24.3 Å². The lowest BCUT2D eigenvalue weighted by Gasteiger charge is -2.38. The van der Waals surface area contributed by atoms with Gasteiger partial charge in [-0.05, 0) is 37.8 Å². The highest BCUT2D eigenvalue weighted by Gasteiger charge is 2.34. The van der Waals surface area contributed by atoms with Gasteiger partial charge in [-0.3, -0.25) is 14.4 Å². The number of para-hydroxylation sites is 2. The van der Waals surface area contributed by atoms with Gasteiger partial charge in [-0.15, -0.1) is 0 Å². The molecular formula is C21H30N4O4. The van der Waals surface area contributed by atoms with Crippen molar-refractivity contribution in [1.82, 2.24) is 15.5 Å². The maximum absolute atomic E-state index is 12.9. The average Bonchev–Trinajstić information content (AvgIpc) is 2.76. The Morgan fingerprint density at radius 2 is 1.83 bits per heavy atom. The van der Waals surface area contributed by atoms with Gasteiger partial charge in [-0.25, -0.2) is 0 Å². The fourth-order valence-corrected chi connectivity index (χ4v) is 3.64. The summed E-state index contributed by atoms with van der Waals surface area (Å²) in [6.07, 6.45) is 3.39. The van der Waals surface area contributed by atoms with Crippen LogP contribution in [0.1, 0.15) is 32.6 Å². The van der Waals surface area contributed by atoms with E-state index in [2.05, 4.69) is 10.6 Å². The third kappa shape index (κ3) is 5.62. The highest BCUT2D eigenvalue weighted by Crippen LogP contribution is 2.33. The number of anilines is 1. The van der Waals surface area contributed by atoms with E-state index in [0.717, 1.165) is 44.5 Å². The molecule has 0 saturated carbocycles. The lowest BCUT2D eigenvalue weighted by Crippen LogP contribution is -2.53. The third-order valence-corrected chi connectivity index (χ3v) is 5.16. The first-order valence-electron chi connectivity index (χ1n) is 10.4. The number of carbonyl (C=O) groups excluding carboxylic acids is 3. The monoisotopic (exact) mass is 402 g/mol. The summed E-state index contributed by atoms with van der Waals surface area (Å²) < 4.78 is 5.97. The van der Waals surface area contributed by atoms with Crippen LogP contribution >= 0.6 is 0 Å². The largest absolute Gasteiger partial charge is 0.477 e. The molecule has 2 heterocycles. The standard InChI is InChI=1S/C21H30N4O4/c1-2-10-22-19(26)13-23-20(27)15-25-14-18(21(28)24-11-6-3-7-12-24)29-17-9-5-4-8-16(17)25/h4-5,8-9,18H,2-3,6-7,10-15H2,1H3,(H,22,26)(H,23,27)/t18-/m1/s1. The lowest BCUT2D eigenvalue weighted by molar-refractivity contribution is -0.139. The van der Waals surface area contributed by atoms with Crippen LogP contribution < -0.4 is 20.3 Å². The van der Waals surface area contributed by atoms with Crippen molar-refractivity contribution in [1.29, 1.82) is 0 Å². The molecule has 1 saturated heterocycles. The second kappa shape index (κ2) is 10.1. The topological polar surface area (TPSA) is 91.0 Å². The third-order valence-electron chi connectivity index (χ3n) is 5.16. The molecule has 1 atom stereocenters. The number of rotatable bonds is 7. The highest BCUT2D eigenvalue weighted by atomic mass is 16.5. The molecule has 0 radical (unpaired) electrons. The van der Waals surface area contributed by atoms with Gasteiger partial charge in [0, 0.05) is 19.6 Å². The van der Waals surface area contributed by atoms with E-state index in [9.17, 15) is 14.4 Å². The van der Waals surface area contributed by atoms with Crippen LogP contribution in [0.3, 0.4) is 0 Å². The number of carbonyl (C=O) groups is 3. The van der Waals surface area contributed by atoms with E-state index in [1.807, 2.05) is 41.0 Å². The SMILES string of the molecule is CCCNC(=O)CNC(=O)CN1C[C@H](C(=O)N2CCCCC2)Oc2ccccc21. The van der Waals surface area contributed by atoms with Crippen molar-refractivity contribution in [2.45, 2.75) is 38.7 Å². The van der Waals surface area contributed by atoms with Crippen LogP contribution in [0.15, 0.2) is 24.3 Å². The second-order valence-electron chi connectivity index (χ2n) is 7.47. The predicted octanol–water partition coefficient (Wildman–Crippen LogP) is 0.909. The Bertz CT molecular complexity index is 733. The van der Waals surface area contributed by atoms with Gasteiger partial charge in [0.15, 0.2) is 6.10 Å². The molecule has 8 nitrogen and oxygen atoms in total. The number of fused-ring (bicyclic) bond motifs is 1. The molecule has 0 unspecified atom stereocenters. The van der Waals surface area contributed by atoms with Crippen LogP contribution in [0, 0.1) is 0 Å². The van der Waals surface area contributed by atoms with E-state index in [0.29, 0.717) is 18.8 Å². The van der Waals surface area contributed by atoms with Crippen LogP contribution in [-0.4, -0.2) is 68.0 Å². The molecule has 0 bridgehead atoms. The van der Waals surface area contributed by atoms with Crippen LogP contribution in [0.2, 0.25) is 0 Å². The quantitative estimate of drug-likeness (QED) is 0.708. The van der Waals surface area contributed by atoms with Gasteiger partial charge >= 0.3 is 0 Å². The molecule has 2 aliphatic rings. The predicted molar refractivity (Wildman–Crippen MR) is 110 cm³/mol. The lowest BCUT2D eigenvalue weighted by atomic mass is 10.1. The van der Waals surface area contributed by atoms with Crippen LogP contribution in [0.4, 0.5) is 5.69 Å². The summed E-state index contributed by atoms with van der Waals surface area (Å²) in [5.41, 5.74) is 0.778. The zero-order valence-electron chi connectivity index (χ0n) is 17.0. The number of nitrogens with one attached hydrogen (secondary N) is 2. The number of nitrogens with zero attached hydrogens (tertiary/aromatic N) is 2. The summed E-state index contributed by atoms with van der Waals surface area (Å²) in [6.45, 7) is 4.39. The molecule has 0 aliphatic carbocycles. The zero-order chi connectivity index (χ0) is 20.6. The van der Waals surface area contributed by atoms with Gasteiger partial charge < -0.3 is 25.2 Å². The van der Waals surface area contributed by atoms with Crippen LogP contribution in [0.5, 0.6) is 5.75 Å². The Hall–Kier alpha value is -2.77. The van der Waals surface area contributed by atoms with Gasteiger partial charge in [0.05, 0.1) is 25.3 Å². The Labute approximate surface area is 171 Å². The van der Waals surface area contributed by atoms with Gasteiger partial charge in [0.25, 0.3) is 5.91 Å². The van der Waals surface area contributed by atoms with E-state index in [1.54, 1.807) is 0 Å². The Morgan fingerprint density at radius 3 is 2.59 bits per heavy atom. The molecule has 1 aromatic carbocycles. The van der Waals surface area contributed by atoms with Crippen molar-refractivity contribution < 1.29 is 19.1 Å². The fourth-order valence-electron chi connectivity index (χ4n) is 3.64. The average molecular weight is 402 g/mol. The first kappa shape index (κ1) is 21.0. The van der Waals surface area contributed by atoms with Gasteiger partial charge in [0.2, 0.25) is 11.8 Å². The molecule has 2 N–H and O–H groups in total. The molecule has 3 amide bonds. The van der Waals surface area contributed by atoms with Crippen molar-refractivity contribution in [2.75, 3.05) is 44.2 Å². The minimum Gasteiger partial charge on any atom is -0.477 e. The summed E-state index contributed by atoms with van der Waals surface area (Å²) in [7, 11) is 0. The van der Waals surface area contributed by atoms with Crippen molar-refractivity contribution in [2.24, 2.45) is 0 Å². The van der Waals surface area contributed by atoms with E-state index >= 15 is 0 Å². The molecule has 3 rings (SSSR count). The molecule has 0 spiro atoms. The molecule has 158 valence electrons. The normalized spacial score (nSPS) is 18.4. The number of hydrogen-bond donors (Lipinski definition) is 2. The first-order valence-corrected chi connectivity index (χ1v) is 10.4. The number of likely N-dealkylation sites (tertiary alicyclic amines) is 1. The maximum Gasteiger partial charge on any atom is 0.265 e. The number of hydrogen-bond acceptors (Lipinski definition) is 5. The van der Waals surface area contributed by atoms with E-state index in [-0.39, 0.29) is 30.8 Å². The first-order chi connectivity index (χ1) is 14.1. The van der Waals surface area contributed by atoms with Gasteiger partial charge in [-0.2, -0.15) is 0 Å². The highest BCUT2D eigenvalue weighted by molar-refractivity contribution is 5.88. The van der Waals surface area contributed by atoms with Crippen LogP contribution in [-0.2, 0) is 14.4 Å². The van der Waals surface area contributed by atoms with E-state index in [1.165, 1.54) is 0 Å². The molecular weight excluding hydrogens is 372 g/mol. The molecule has 1 fully saturated rings. The fraction of sp³-hybridized carbons (Fsp3) is 0.571. The number of ether oxygens (including phenoxy) is 1. The smallest absolute Gasteiger partial charge is 0.265 e.